The first-order valence-corrected chi connectivity index (χ1v) is 14.9. The number of amides is 1. The summed E-state index contributed by atoms with van der Waals surface area (Å²) >= 11 is 0. The maximum Gasteiger partial charge on any atom is 0.251 e. The standard InChI is InChI=1S/C32H45N7O.CH5N/c1-5-6-17-39(29(35)12-9-15-33)20-16-36-32(40)30-23(2)21-24(3)31(25(30)4)37-27-13-18-38(19-14-27)28-11-8-7-10-26(28)22-34;1-2/h7-12,15,21,27,37H,5-6,13-14,16-20,33,35H2,1-4H3,(H,36,40);2H2,1H3/b15-9-,29-12+;. The summed E-state index contributed by atoms with van der Waals surface area (Å²) < 4.78 is 0. The zero-order valence-corrected chi connectivity index (χ0v) is 26.0. The van der Waals surface area contributed by atoms with E-state index in [9.17, 15) is 10.1 Å². The molecule has 8 N–H and O–H groups in total. The van der Waals surface area contributed by atoms with Crippen LogP contribution in [0.4, 0.5) is 11.4 Å². The van der Waals surface area contributed by atoms with Crippen molar-refractivity contribution in [3.05, 3.63) is 82.3 Å². The minimum atomic E-state index is -0.0687. The van der Waals surface area contributed by atoms with Gasteiger partial charge in [-0.3, -0.25) is 4.79 Å². The van der Waals surface area contributed by atoms with Crippen LogP contribution in [0.2, 0.25) is 0 Å². The van der Waals surface area contributed by atoms with E-state index in [4.69, 9.17) is 11.5 Å². The normalized spacial score (nSPS) is 13.7. The number of carbonyl (C=O) groups is 1. The second-order valence-corrected chi connectivity index (χ2v) is 10.5. The summed E-state index contributed by atoms with van der Waals surface area (Å²) in [6.07, 6.45) is 8.95. The van der Waals surface area contributed by atoms with Crippen LogP contribution in [0.15, 0.2) is 54.5 Å². The Hall–Kier alpha value is -4.16. The predicted molar refractivity (Wildman–Crippen MR) is 175 cm³/mol. The fourth-order valence-corrected chi connectivity index (χ4v) is 5.44. The molecule has 0 atom stereocenters. The van der Waals surface area contributed by atoms with Crippen molar-refractivity contribution in [3.8, 4) is 6.07 Å². The molecular formula is C33H50N8O. The molecule has 1 heterocycles. The summed E-state index contributed by atoms with van der Waals surface area (Å²) in [5, 5.41) is 16.4. The van der Waals surface area contributed by atoms with Crippen molar-refractivity contribution in [1.82, 2.24) is 10.2 Å². The molecule has 1 fully saturated rings. The summed E-state index contributed by atoms with van der Waals surface area (Å²) in [7, 11) is 1.50. The van der Waals surface area contributed by atoms with Gasteiger partial charge in [0.25, 0.3) is 5.91 Å². The summed E-state index contributed by atoms with van der Waals surface area (Å²) in [4.78, 5) is 17.7. The lowest BCUT2D eigenvalue weighted by Crippen LogP contribution is -2.40. The fourth-order valence-electron chi connectivity index (χ4n) is 5.44. The summed E-state index contributed by atoms with van der Waals surface area (Å²) in [6.45, 7) is 12.0. The molecule has 0 aromatic heterocycles. The third-order valence-electron chi connectivity index (χ3n) is 7.60. The molecule has 1 amide bonds. The lowest BCUT2D eigenvalue weighted by atomic mass is 9.95. The Morgan fingerprint density at radius 3 is 2.48 bits per heavy atom. The van der Waals surface area contributed by atoms with Crippen molar-refractivity contribution in [1.29, 1.82) is 5.26 Å². The van der Waals surface area contributed by atoms with Crippen LogP contribution in [0.5, 0.6) is 0 Å². The molecule has 0 aliphatic carbocycles. The summed E-state index contributed by atoms with van der Waals surface area (Å²) in [6, 6.07) is 12.5. The largest absolute Gasteiger partial charge is 0.405 e. The van der Waals surface area contributed by atoms with Gasteiger partial charge in [-0.2, -0.15) is 5.26 Å². The summed E-state index contributed by atoms with van der Waals surface area (Å²) in [5.41, 5.74) is 22.8. The number of nitrogens with two attached hydrogens (primary N) is 3. The van der Waals surface area contributed by atoms with Gasteiger partial charge in [-0.05, 0) is 94.3 Å². The molecule has 9 heteroatoms. The van der Waals surface area contributed by atoms with Crippen molar-refractivity contribution in [3.63, 3.8) is 0 Å². The zero-order valence-electron chi connectivity index (χ0n) is 26.0. The van der Waals surface area contributed by atoms with Crippen molar-refractivity contribution < 1.29 is 4.79 Å². The van der Waals surface area contributed by atoms with E-state index >= 15 is 0 Å². The van der Waals surface area contributed by atoms with Gasteiger partial charge in [0.15, 0.2) is 0 Å². The minimum Gasteiger partial charge on any atom is -0.405 e. The van der Waals surface area contributed by atoms with Crippen LogP contribution >= 0.6 is 0 Å². The number of aryl methyl sites for hydroxylation is 2. The number of rotatable bonds is 12. The minimum absolute atomic E-state index is 0.0687. The number of nitrogens with zero attached hydrogens (tertiary/aromatic N) is 3. The second-order valence-electron chi connectivity index (χ2n) is 10.5. The van der Waals surface area contributed by atoms with Gasteiger partial charge in [0.05, 0.1) is 17.1 Å². The van der Waals surface area contributed by atoms with Crippen LogP contribution in [-0.4, -0.2) is 56.6 Å². The maximum absolute atomic E-state index is 13.4. The molecule has 0 bridgehead atoms. The fraction of sp³-hybridized carbons (Fsp3) is 0.455. The number of carbonyl (C=O) groups excluding carboxylic acids is 1. The Morgan fingerprint density at radius 2 is 1.83 bits per heavy atom. The molecule has 1 saturated heterocycles. The number of nitrogens with one attached hydrogen (secondary N) is 2. The highest BCUT2D eigenvalue weighted by molar-refractivity contribution is 5.99. The number of unbranched alkanes of at least 4 members (excludes halogenated alkanes) is 1. The van der Waals surface area contributed by atoms with Crippen molar-refractivity contribution in [2.24, 2.45) is 17.2 Å². The molecule has 0 saturated carbocycles. The number of benzene rings is 2. The molecule has 0 spiro atoms. The smallest absolute Gasteiger partial charge is 0.251 e. The van der Waals surface area contributed by atoms with Gasteiger partial charge in [-0.1, -0.05) is 31.5 Å². The highest BCUT2D eigenvalue weighted by Gasteiger charge is 2.24. The molecule has 2 aromatic carbocycles. The first-order chi connectivity index (χ1) is 20.3. The molecule has 42 heavy (non-hydrogen) atoms. The van der Waals surface area contributed by atoms with Gasteiger partial charge in [0.2, 0.25) is 0 Å². The Kier molecular flexibility index (Phi) is 14.3. The number of anilines is 2. The molecule has 228 valence electrons. The number of hydrogen-bond donors (Lipinski definition) is 5. The number of hydrogen-bond acceptors (Lipinski definition) is 8. The van der Waals surface area contributed by atoms with Crippen LogP contribution in [0.1, 0.15) is 65.2 Å². The molecule has 1 aliphatic rings. The van der Waals surface area contributed by atoms with E-state index in [-0.39, 0.29) is 5.91 Å². The molecule has 0 radical (unpaired) electrons. The number of allylic oxidation sites excluding steroid dienone is 2. The lowest BCUT2D eigenvalue weighted by Gasteiger charge is -2.35. The van der Waals surface area contributed by atoms with E-state index < -0.39 is 0 Å². The van der Waals surface area contributed by atoms with E-state index in [1.54, 1.807) is 12.2 Å². The highest BCUT2D eigenvalue weighted by atomic mass is 16.1. The first kappa shape index (κ1) is 34.0. The van der Waals surface area contributed by atoms with Crippen LogP contribution < -0.4 is 32.7 Å². The van der Waals surface area contributed by atoms with Crippen molar-refractivity contribution in [2.45, 2.75) is 59.4 Å². The number of piperidine rings is 1. The first-order valence-electron chi connectivity index (χ1n) is 14.9. The average molecular weight is 575 g/mol. The van der Waals surface area contributed by atoms with Crippen molar-refractivity contribution >= 4 is 17.3 Å². The van der Waals surface area contributed by atoms with Crippen LogP contribution in [-0.2, 0) is 0 Å². The Morgan fingerprint density at radius 1 is 1.14 bits per heavy atom. The van der Waals surface area contributed by atoms with Gasteiger partial charge in [0.1, 0.15) is 6.07 Å². The average Bonchev–Trinajstić information content (AvgIpc) is 3.00. The molecule has 0 unspecified atom stereocenters. The molecule has 3 rings (SSSR count). The van der Waals surface area contributed by atoms with E-state index in [0.29, 0.717) is 25.0 Å². The van der Waals surface area contributed by atoms with Crippen LogP contribution in [0.3, 0.4) is 0 Å². The van der Waals surface area contributed by atoms with E-state index in [0.717, 1.165) is 84.5 Å². The molecule has 1 aliphatic heterocycles. The molecule has 9 nitrogen and oxygen atoms in total. The predicted octanol–water partition coefficient (Wildman–Crippen LogP) is 4.24. The maximum atomic E-state index is 13.4. The van der Waals surface area contributed by atoms with Crippen LogP contribution in [0.25, 0.3) is 0 Å². The molecule has 2 aromatic rings. The SMILES string of the molecule is CCCCN(CCNC(=O)c1c(C)cc(C)c(NC2CCN(c3ccccc3C#N)CC2)c1C)/C(N)=C/C=C\N.CN. The van der Waals surface area contributed by atoms with Gasteiger partial charge >= 0.3 is 0 Å². The Bertz CT molecular complexity index is 1260. The Labute approximate surface area is 252 Å². The number of para-hydroxylation sites is 1. The van der Waals surface area contributed by atoms with Crippen molar-refractivity contribution in [2.75, 3.05) is 50.0 Å². The second kappa shape index (κ2) is 17.6. The van der Waals surface area contributed by atoms with E-state index in [2.05, 4.69) is 52.2 Å². The monoisotopic (exact) mass is 574 g/mol. The lowest BCUT2D eigenvalue weighted by molar-refractivity contribution is 0.0948. The number of nitriles is 1. The van der Waals surface area contributed by atoms with Gasteiger partial charge in [-0.25, -0.2) is 0 Å². The van der Waals surface area contributed by atoms with Gasteiger partial charge in [0, 0.05) is 50.0 Å². The van der Waals surface area contributed by atoms with E-state index in [1.165, 1.54) is 13.2 Å². The van der Waals surface area contributed by atoms with Crippen LogP contribution in [0, 0.1) is 32.1 Å². The Balaban J connectivity index is 0.00000301. The van der Waals surface area contributed by atoms with Gasteiger partial charge < -0.3 is 37.6 Å². The summed E-state index contributed by atoms with van der Waals surface area (Å²) in [5.74, 6) is 0.571. The highest BCUT2D eigenvalue weighted by Crippen LogP contribution is 2.30. The molecular weight excluding hydrogens is 524 g/mol. The van der Waals surface area contributed by atoms with E-state index in [1.807, 2.05) is 38.1 Å². The topological polar surface area (TPSA) is 149 Å². The van der Waals surface area contributed by atoms with Gasteiger partial charge in [-0.15, -0.1) is 0 Å². The third-order valence-corrected chi connectivity index (χ3v) is 7.60. The zero-order chi connectivity index (χ0) is 31.1. The quantitative estimate of drug-likeness (QED) is 0.236. The third kappa shape index (κ3) is 9.18.